The fraction of sp³-hybridized carbons (Fsp3) is 0. The van der Waals surface area contributed by atoms with Crippen LogP contribution in [0.4, 0.5) is 10.8 Å². The molecule has 1 aromatic heterocycles. The van der Waals surface area contributed by atoms with Crippen molar-refractivity contribution in [2.75, 3.05) is 4.72 Å². The van der Waals surface area contributed by atoms with Crippen molar-refractivity contribution in [2.24, 2.45) is 0 Å². The van der Waals surface area contributed by atoms with Crippen LogP contribution in [-0.4, -0.2) is 18.7 Å². The Morgan fingerprint density at radius 2 is 2.31 bits per heavy atom. The van der Waals surface area contributed by atoms with Crippen molar-refractivity contribution < 1.29 is 13.7 Å². The highest BCUT2D eigenvalue weighted by Crippen LogP contribution is 2.29. The largest absolute Gasteiger partial charge is 0.289 e. The van der Waals surface area contributed by atoms with Crippen LogP contribution in [-0.2, 0) is 11.3 Å². The molecule has 0 aliphatic heterocycles. The Kier molecular flexibility index (Phi) is 2.81. The van der Waals surface area contributed by atoms with E-state index in [-0.39, 0.29) is 10.8 Å². The lowest BCUT2D eigenvalue weighted by molar-refractivity contribution is -0.384. The fourth-order valence-corrected chi connectivity index (χ4v) is 2.47. The number of rotatable bonds is 3. The van der Waals surface area contributed by atoms with Crippen LogP contribution in [0.1, 0.15) is 0 Å². The quantitative estimate of drug-likeness (QED) is 0.496. The van der Waals surface area contributed by atoms with Crippen LogP contribution in [0.25, 0.3) is 10.2 Å². The van der Waals surface area contributed by atoms with Crippen LogP contribution in [0, 0.1) is 10.1 Å². The number of nitrogens with zero attached hydrogens (tertiary/aromatic N) is 2. The number of aromatic nitrogens is 1. The van der Waals surface area contributed by atoms with Crippen molar-refractivity contribution in [2.45, 2.75) is 0 Å². The third-order valence-corrected chi connectivity index (χ3v) is 3.19. The van der Waals surface area contributed by atoms with Gasteiger partial charge in [0.15, 0.2) is 5.13 Å². The molecule has 7 nitrogen and oxygen atoms in total. The Morgan fingerprint density at radius 1 is 1.56 bits per heavy atom. The van der Waals surface area contributed by atoms with Crippen LogP contribution < -0.4 is 4.72 Å². The van der Waals surface area contributed by atoms with Gasteiger partial charge in [-0.2, -0.15) is 0 Å². The maximum Gasteiger partial charge on any atom is 0.270 e. The van der Waals surface area contributed by atoms with Gasteiger partial charge in [0.1, 0.15) is 0 Å². The molecule has 1 heterocycles. The molecule has 0 aliphatic carbocycles. The molecule has 0 amide bonds. The molecule has 0 aliphatic rings. The average Bonchev–Trinajstić information content (AvgIpc) is 2.56. The van der Waals surface area contributed by atoms with Gasteiger partial charge in [-0.1, -0.05) is 11.3 Å². The minimum Gasteiger partial charge on any atom is -0.289 e. The van der Waals surface area contributed by atoms with Gasteiger partial charge in [-0.05, 0) is 6.07 Å². The number of fused-ring (bicyclic) bond motifs is 1. The summed E-state index contributed by atoms with van der Waals surface area (Å²) in [6, 6.07) is 4.20. The van der Waals surface area contributed by atoms with Crippen molar-refractivity contribution in [3.8, 4) is 0 Å². The average molecular weight is 259 g/mol. The van der Waals surface area contributed by atoms with Crippen molar-refractivity contribution in [1.82, 2.24) is 4.98 Å². The second kappa shape index (κ2) is 4.12. The van der Waals surface area contributed by atoms with Gasteiger partial charge in [0.05, 0.1) is 15.1 Å². The highest BCUT2D eigenvalue weighted by Gasteiger charge is 2.10. The molecule has 0 bridgehead atoms. The first-order valence-corrected chi connectivity index (χ1v) is 5.91. The first kappa shape index (κ1) is 10.9. The van der Waals surface area contributed by atoms with Gasteiger partial charge in [0, 0.05) is 12.1 Å². The predicted octanol–water partition coefficient (Wildman–Crippen LogP) is 1.75. The molecule has 1 unspecified atom stereocenters. The first-order chi connectivity index (χ1) is 7.56. The monoisotopic (exact) mass is 259 g/mol. The highest BCUT2D eigenvalue weighted by molar-refractivity contribution is 7.80. The number of nitrogens with one attached hydrogen (secondary N) is 1. The summed E-state index contributed by atoms with van der Waals surface area (Å²) in [6.45, 7) is 0. The molecule has 0 radical (unpaired) electrons. The summed E-state index contributed by atoms with van der Waals surface area (Å²) in [5, 5.41) is 10.8. The molecule has 1 atom stereocenters. The molecule has 1 aromatic carbocycles. The van der Waals surface area contributed by atoms with E-state index in [0.29, 0.717) is 10.2 Å². The third kappa shape index (κ3) is 2.15. The number of nitro groups is 1. The normalized spacial score (nSPS) is 12.6. The summed E-state index contributed by atoms with van der Waals surface area (Å²) in [5.74, 6) is 0. The molecule has 0 saturated carbocycles. The highest BCUT2D eigenvalue weighted by atomic mass is 32.2. The Balaban J connectivity index is 2.45. The minimum atomic E-state index is -2.19. The SMILES string of the molecule is O=[N+]([O-])c1ccc2nc(NS(=O)O)sc2c1. The summed E-state index contributed by atoms with van der Waals surface area (Å²) in [7, 11) is 0. The number of nitro benzene ring substituents is 1. The van der Waals surface area contributed by atoms with Gasteiger partial charge in [-0.3, -0.25) is 19.4 Å². The standard InChI is InChI=1S/C7H5N3O4S2/c11-10(12)4-1-2-5-6(3-4)15-7(8-5)9-16(13)14/h1-3H,(H,8,9)(H,13,14). The maximum atomic E-state index is 10.5. The minimum absolute atomic E-state index is 0.0344. The van der Waals surface area contributed by atoms with Crippen LogP contribution in [0.3, 0.4) is 0 Å². The Labute approximate surface area is 95.7 Å². The van der Waals surface area contributed by atoms with Gasteiger partial charge >= 0.3 is 0 Å². The molecule has 9 heteroatoms. The molecule has 0 fully saturated rings. The second-order valence-corrected chi connectivity index (χ2v) is 4.51. The summed E-state index contributed by atoms with van der Waals surface area (Å²) in [4.78, 5) is 14.0. The fourth-order valence-electron chi connectivity index (χ4n) is 1.15. The number of hydrogen-bond donors (Lipinski definition) is 2. The van der Waals surface area contributed by atoms with E-state index in [9.17, 15) is 14.3 Å². The summed E-state index contributed by atoms with van der Waals surface area (Å²) in [5.41, 5.74) is 0.511. The van der Waals surface area contributed by atoms with E-state index in [1.165, 1.54) is 18.2 Å². The molecule has 84 valence electrons. The lowest BCUT2D eigenvalue weighted by Gasteiger charge is -1.90. The number of thiazole rings is 1. The van der Waals surface area contributed by atoms with Crippen LogP contribution in [0.2, 0.25) is 0 Å². The van der Waals surface area contributed by atoms with Crippen LogP contribution in [0.5, 0.6) is 0 Å². The van der Waals surface area contributed by atoms with E-state index < -0.39 is 16.2 Å². The molecule has 0 spiro atoms. The molecule has 2 rings (SSSR count). The zero-order valence-corrected chi connectivity index (χ0v) is 9.25. The Morgan fingerprint density at radius 3 is 2.94 bits per heavy atom. The zero-order valence-electron chi connectivity index (χ0n) is 7.61. The van der Waals surface area contributed by atoms with Gasteiger partial charge in [-0.25, -0.2) is 9.19 Å². The molecular weight excluding hydrogens is 254 g/mol. The Bertz CT molecular complexity index is 582. The summed E-state index contributed by atoms with van der Waals surface area (Å²) in [6.07, 6.45) is 0. The predicted molar refractivity (Wildman–Crippen MR) is 60.7 cm³/mol. The number of hydrogen-bond acceptors (Lipinski definition) is 5. The Hall–Kier alpha value is -1.58. The first-order valence-electron chi connectivity index (χ1n) is 3.99. The second-order valence-electron chi connectivity index (χ2n) is 2.78. The van der Waals surface area contributed by atoms with E-state index in [2.05, 4.69) is 9.71 Å². The van der Waals surface area contributed by atoms with E-state index in [1.54, 1.807) is 0 Å². The summed E-state index contributed by atoms with van der Waals surface area (Å²) < 4.78 is 21.9. The van der Waals surface area contributed by atoms with Gasteiger partial charge in [-0.15, -0.1) is 0 Å². The molecular formula is C7H5N3O4S2. The van der Waals surface area contributed by atoms with Crippen molar-refractivity contribution in [3.63, 3.8) is 0 Å². The van der Waals surface area contributed by atoms with Gasteiger partial charge < -0.3 is 0 Å². The number of anilines is 1. The molecule has 2 N–H and O–H groups in total. The van der Waals surface area contributed by atoms with E-state index in [4.69, 9.17) is 4.55 Å². The topological polar surface area (TPSA) is 105 Å². The van der Waals surface area contributed by atoms with Crippen molar-refractivity contribution in [3.05, 3.63) is 28.3 Å². The molecule has 0 saturated heterocycles. The van der Waals surface area contributed by atoms with E-state index in [1.807, 2.05) is 0 Å². The van der Waals surface area contributed by atoms with Crippen LogP contribution in [0.15, 0.2) is 18.2 Å². The summed E-state index contributed by atoms with van der Waals surface area (Å²) >= 11 is -1.12. The smallest absolute Gasteiger partial charge is 0.270 e. The maximum absolute atomic E-state index is 10.5. The third-order valence-electron chi connectivity index (χ3n) is 1.76. The van der Waals surface area contributed by atoms with Gasteiger partial charge in [0.2, 0.25) is 0 Å². The zero-order chi connectivity index (χ0) is 11.7. The number of non-ortho nitro benzene ring substituents is 1. The number of benzene rings is 1. The molecule has 16 heavy (non-hydrogen) atoms. The van der Waals surface area contributed by atoms with Crippen LogP contribution >= 0.6 is 11.3 Å². The van der Waals surface area contributed by atoms with Crippen molar-refractivity contribution >= 4 is 43.6 Å². The van der Waals surface area contributed by atoms with E-state index in [0.717, 1.165) is 11.3 Å². The lowest BCUT2D eigenvalue weighted by Crippen LogP contribution is -2.00. The van der Waals surface area contributed by atoms with E-state index >= 15 is 0 Å². The van der Waals surface area contributed by atoms with Crippen molar-refractivity contribution in [1.29, 1.82) is 0 Å². The lowest BCUT2D eigenvalue weighted by atomic mass is 10.3. The van der Waals surface area contributed by atoms with Gasteiger partial charge in [0.25, 0.3) is 17.0 Å². The molecule has 2 aromatic rings.